The summed E-state index contributed by atoms with van der Waals surface area (Å²) in [5.74, 6) is -0.472. The first kappa shape index (κ1) is 11.0. The van der Waals surface area contributed by atoms with Gasteiger partial charge in [0.15, 0.2) is 0 Å². The van der Waals surface area contributed by atoms with Gasteiger partial charge in [-0.05, 0) is 13.3 Å². The Kier molecular flexibility index (Phi) is 3.49. The highest BCUT2D eigenvalue weighted by Crippen LogP contribution is 2.22. The van der Waals surface area contributed by atoms with Gasteiger partial charge in [-0.2, -0.15) is 0 Å². The van der Waals surface area contributed by atoms with E-state index in [-0.39, 0.29) is 23.8 Å². The van der Waals surface area contributed by atoms with Crippen LogP contribution in [0, 0.1) is 5.92 Å². The van der Waals surface area contributed by atoms with E-state index in [9.17, 15) is 9.59 Å². The molecule has 1 fully saturated rings. The second-order valence-corrected chi connectivity index (χ2v) is 3.73. The van der Waals surface area contributed by atoms with Crippen molar-refractivity contribution in [3.8, 4) is 0 Å². The van der Waals surface area contributed by atoms with Crippen molar-refractivity contribution >= 4 is 11.9 Å². The maximum atomic E-state index is 11.5. The normalized spacial score (nSPS) is 23.8. The number of rotatable bonds is 3. The lowest BCUT2D eigenvalue weighted by Crippen LogP contribution is -2.34. The topological polar surface area (TPSA) is 46.6 Å². The average Bonchev–Trinajstić information content (AvgIpc) is 2.58. The standard InChI is InChI=1S/C10H17NO3/c1-4-7(2)11-6-8(5-9(11)12)10(13)14-3/h7-8H,4-6H2,1-3H3/t7-,8+/m1/s1. The van der Waals surface area contributed by atoms with Gasteiger partial charge in [-0.1, -0.05) is 6.92 Å². The van der Waals surface area contributed by atoms with Crippen LogP contribution < -0.4 is 0 Å². The first-order valence-electron chi connectivity index (χ1n) is 4.97. The van der Waals surface area contributed by atoms with Crippen LogP contribution in [0.1, 0.15) is 26.7 Å². The van der Waals surface area contributed by atoms with Crippen LogP contribution in [0.2, 0.25) is 0 Å². The molecule has 0 spiro atoms. The summed E-state index contributed by atoms with van der Waals surface area (Å²) >= 11 is 0. The molecule has 0 aromatic heterocycles. The number of carbonyl (C=O) groups is 2. The molecule has 0 bridgehead atoms. The molecule has 0 saturated carbocycles. The van der Waals surface area contributed by atoms with Crippen LogP contribution >= 0.6 is 0 Å². The van der Waals surface area contributed by atoms with E-state index in [1.54, 1.807) is 4.90 Å². The molecule has 1 aliphatic rings. The van der Waals surface area contributed by atoms with Crippen molar-refractivity contribution in [1.82, 2.24) is 4.90 Å². The maximum Gasteiger partial charge on any atom is 0.310 e. The Morgan fingerprint density at radius 1 is 1.71 bits per heavy atom. The van der Waals surface area contributed by atoms with Crippen LogP contribution in [0.4, 0.5) is 0 Å². The summed E-state index contributed by atoms with van der Waals surface area (Å²) in [6, 6.07) is 0.220. The zero-order valence-corrected chi connectivity index (χ0v) is 8.95. The molecule has 0 aromatic carbocycles. The highest BCUT2D eigenvalue weighted by molar-refractivity contribution is 5.86. The molecule has 80 valence electrons. The average molecular weight is 199 g/mol. The number of likely N-dealkylation sites (tertiary alicyclic amines) is 1. The van der Waals surface area contributed by atoms with Gasteiger partial charge in [0.05, 0.1) is 13.0 Å². The molecule has 2 atom stereocenters. The van der Waals surface area contributed by atoms with Crippen molar-refractivity contribution in [2.45, 2.75) is 32.7 Å². The van der Waals surface area contributed by atoms with E-state index in [1.165, 1.54) is 7.11 Å². The first-order chi connectivity index (χ1) is 6.60. The summed E-state index contributed by atoms with van der Waals surface area (Å²) in [6.45, 7) is 4.54. The molecular formula is C10H17NO3. The van der Waals surface area contributed by atoms with Crippen LogP contribution in [-0.2, 0) is 14.3 Å². The third-order valence-electron chi connectivity index (χ3n) is 2.82. The number of carbonyl (C=O) groups excluding carboxylic acids is 2. The quantitative estimate of drug-likeness (QED) is 0.632. The summed E-state index contributed by atoms with van der Waals surface area (Å²) in [5.41, 5.74) is 0. The van der Waals surface area contributed by atoms with E-state index in [0.29, 0.717) is 13.0 Å². The molecule has 1 rings (SSSR count). The van der Waals surface area contributed by atoms with Crippen LogP contribution in [0.3, 0.4) is 0 Å². The molecule has 14 heavy (non-hydrogen) atoms. The van der Waals surface area contributed by atoms with Gasteiger partial charge >= 0.3 is 5.97 Å². The largest absolute Gasteiger partial charge is 0.469 e. The van der Waals surface area contributed by atoms with Gasteiger partial charge in [0, 0.05) is 19.0 Å². The van der Waals surface area contributed by atoms with Gasteiger partial charge in [0.1, 0.15) is 0 Å². The zero-order chi connectivity index (χ0) is 10.7. The van der Waals surface area contributed by atoms with Crippen molar-refractivity contribution in [2.75, 3.05) is 13.7 Å². The third-order valence-corrected chi connectivity index (χ3v) is 2.82. The SMILES string of the molecule is CC[C@@H](C)N1C[C@@H](C(=O)OC)CC1=O. The molecule has 4 heteroatoms. The maximum absolute atomic E-state index is 11.5. The Hall–Kier alpha value is -1.06. The minimum atomic E-state index is -0.274. The lowest BCUT2D eigenvalue weighted by Gasteiger charge is -2.23. The third kappa shape index (κ3) is 2.05. The highest BCUT2D eigenvalue weighted by atomic mass is 16.5. The van der Waals surface area contributed by atoms with E-state index < -0.39 is 0 Å². The molecule has 0 radical (unpaired) electrons. The molecular weight excluding hydrogens is 182 g/mol. The summed E-state index contributed by atoms with van der Waals surface area (Å²) in [5, 5.41) is 0. The minimum absolute atomic E-state index is 0.0646. The van der Waals surface area contributed by atoms with Gasteiger partial charge in [-0.3, -0.25) is 9.59 Å². The van der Waals surface area contributed by atoms with E-state index in [1.807, 2.05) is 13.8 Å². The Morgan fingerprint density at radius 3 is 2.86 bits per heavy atom. The summed E-state index contributed by atoms with van der Waals surface area (Å²) in [4.78, 5) is 24.5. The molecule has 1 heterocycles. The van der Waals surface area contributed by atoms with Crippen molar-refractivity contribution in [1.29, 1.82) is 0 Å². The van der Waals surface area contributed by atoms with Crippen molar-refractivity contribution in [2.24, 2.45) is 5.92 Å². The first-order valence-corrected chi connectivity index (χ1v) is 4.97. The molecule has 4 nitrogen and oxygen atoms in total. The van der Waals surface area contributed by atoms with Crippen LogP contribution in [0.5, 0.6) is 0 Å². The fraction of sp³-hybridized carbons (Fsp3) is 0.800. The van der Waals surface area contributed by atoms with E-state index in [4.69, 9.17) is 0 Å². The zero-order valence-electron chi connectivity index (χ0n) is 8.95. The second-order valence-electron chi connectivity index (χ2n) is 3.73. The van der Waals surface area contributed by atoms with Gasteiger partial charge in [0.2, 0.25) is 5.91 Å². The van der Waals surface area contributed by atoms with E-state index >= 15 is 0 Å². The predicted molar refractivity (Wildman–Crippen MR) is 51.6 cm³/mol. The molecule has 1 amide bonds. The monoisotopic (exact) mass is 199 g/mol. The van der Waals surface area contributed by atoms with Crippen molar-refractivity contribution < 1.29 is 14.3 Å². The number of ether oxygens (including phenoxy) is 1. The Morgan fingerprint density at radius 2 is 2.36 bits per heavy atom. The van der Waals surface area contributed by atoms with Crippen molar-refractivity contribution in [3.63, 3.8) is 0 Å². The number of amides is 1. The lowest BCUT2D eigenvalue weighted by molar-refractivity contribution is -0.145. The number of methoxy groups -OCH3 is 1. The van der Waals surface area contributed by atoms with Crippen LogP contribution in [0.15, 0.2) is 0 Å². The fourth-order valence-electron chi connectivity index (χ4n) is 1.70. The Bertz CT molecular complexity index is 240. The van der Waals surface area contributed by atoms with Crippen LogP contribution in [0.25, 0.3) is 0 Å². The van der Waals surface area contributed by atoms with Gasteiger partial charge in [-0.25, -0.2) is 0 Å². The molecule has 1 aliphatic heterocycles. The lowest BCUT2D eigenvalue weighted by atomic mass is 10.1. The highest BCUT2D eigenvalue weighted by Gasteiger charge is 2.36. The molecule has 1 saturated heterocycles. The van der Waals surface area contributed by atoms with Crippen molar-refractivity contribution in [3.05, 3.63) is 0 Å². The minimum Gasteiger partial charge on any atom is -0.469 e. The number of hydrogen-bond donors (Lipinski definition) is 0. The van der Waals surface area contributed by atoms with E-state index in [2.05, 4.69) is 4.74 Å². The smallest absolute Gasteiger partial charge is 0.310 e. The van der Waals surface area contributed by atoms with Gasteiger partial charge < -0.3 is 9.64 Å². The predicted octanol–water partition coefficient (Wildman–Crippen LogP) is 0.806. The van der Waals surface area contributed by atoms with Gasteiger partial charge in [0.25, 0.3) is 0 Å². The number of nitrogens with zero attached hydrogens (tertiary/aromatic N) is 1. The van der Waals surface area contributed by atoms with Crippen LogP contribution in [-0.4, -0.2) is 36.5 Å². The Balaban J connectivity index is 2.60. The summed E-state index contributed by atoms with van der Waals surface area (Å²) in [6.07, 6.45) is 1.22. The Labute approximate surface area is 84.2 Å². The van der Waals surface area contributed by atoms with Gasteiger partial charge in [-0.15, -0.1) is 0 Å². The summed E-state index contributed by atoms with van der Waals surface area (Å²) in [7, 11) is 1.36. The van der Waals surface area contributed by atoms with E-state index in [0.717, 1.165) is 6.42 Å². The molecule has 0 N–H and O–H groups in total. The molecule has 0 unspecified atom stereocenters. The number of hydrogen-bond acceptors (Lipinski definition) is 3. The molecule has 0 aromatic rings. The molecule has 0 aliphatic carbocycles. The fourth-order valence-corrected chi connectivity index (χ4v) is 1.70. The second kappa shape index (κ2) is 4.44. The summed E-state index contributed by atoms with van der Waals surface area (Å²) < 4.78 is 4.63. The number of esters is 1.